The van der Waals surface area contributed by atoms with Gasteiger partial charge in [0.05, 0.1) is 11.5 Å². The molecule has 0 aromatic carbocycles. The summed E-state index contributed by atoms with van der Waals surface area (Å²) in [7, 11) is 0. The summed E-state index contributed by atoms with van der Waals surface area (Å²) in [6.07, 6.45) is 2.11. The fourth-order valence-corrected chi connectivity index (χ4v) is 3.02. The molecule has 116 valence electrons. The molecule has 3 rings (SSSR count). The van der Waals surface area contributed by atoms with Crippen molar-refractivity contribution in [3.63, 3.8) is 0 Å². The fourth-order valence-electron chi connectivity index (χ4n) is 3.02. The van der Waals surface area contributed by atoms with E-state index in [2.05, 4.69) is 15.2 Å². The Morgan fingerprint density at radius 1 is 1.41 bits per heavy atom. The second-order valence-electron chi connectivity index (χ2n) is 6.03. The number of carboxylic acids is 1. The van der Waals surface area contributed by atoms with Crippen molar-refractivity contribution >= 4 is 22.9 Å². The van der Waals surface area contributed by atoms with Gasteiger partial charge in [0.15, 0.2) is 5.65 Å². The number of nitrogens with one attached hydrogen (secondary N) is 1. The van der Waals surface area contributed by atoms with E-state index in [-0.39, 0.29) is 18.4 Å². The molecule has 0 radical (unpaired) electrons. The second kappa shape index (κ2) is 5.40. The summed E-state index contributed by atoms with van der Waals surface area (Å²) < 4.78 is 0. The molecule has 7 heteroatoms. The van der Waals surface area contributed by atoms with Gasteiger partial charge in [-0.1, -0.05) is 6.92 Å². The Bertz CT molecular complexity index is 739. The summed E-state index contributed by atoms with van der Waals surface area (Å²) in [4.78, 5) is 29.7. The first-order valence-corrected chi connectivity index (χ1v) is 7.28. The maximum Gasteiger partial charge on any atom is 0.308 e. The lowest BCUT2D eigenvalue weighted by molar-refractivity contribution is -0.143. The maximum absolute atomic E-state index is 12.7. The zero-order valence-corrected chi connectivity index (χ0v) is 12.5. The van der Waals surface area contributed by atoms with Gasteiger partial charge in [-0.3, -0.25) is 14.7 Å². The van der Waals surface area contributed by atoms with Crippen LogP contribution in [0.25, 0.3) is 11.0 Å². The van der Waals surface area contributed by atoms with Gasteiger partial charge in [-0.2, -0.15) is 5.10 Å². The highest BCUT2D eigenvalue weighted by atomic mass is 16.4. The number of amides is 1. The first-order valence-electron chi connectivity index (χ1n) is 7.28. The number of nitrogens with zero attached hydrogens (tertiary/aromatic N) is 3. The maximum atomic E-state index is 12.7. The molecule has 2 unspecified atom stereocenters. The Morgan fingerprint density at radius 3 is 2.91 bits per heavy atom. The van der Waals surface area contributed by atoms with Crippen LogP contribution >= 0.6 is 0 Å². The average molecular weight is 302 g/mol. The molecule has 0 aliphatic carbocycles. The van der Waals surface area contributed by atoms with E-state index >= 15 is 0 Å². The van der Waals surface area contributed by atoms with Crippen molar-refractivity contribution in [3.05, 3.63) is 23.5 Å². The highest BCUT2D eigenvalue weighted by Crippen LogP contribution is 2.24. The molecular weight excluding hydrogens is 284 g/mol. The number of carbonyl (C=O) groups excluding carboxylic acids is 1. The molecule has 0 spiro atoms. The van der Waals surface area contributed by atoms with E-state index in [0.717, 1.165) is 11.1 Å². The van der Waals surface area contributed by atoms with Crippen LogP contribution in [0.15, 0.2) is 12.3 Å². The van der Waals surface area contributed by atoms with Gasteiger partial charge in [0.25, 0.3) is 5.91 Å². The lowest BCUT2D eigenvalue weighted by atomic mass is 9.90. The van der Waals surface area contributed by atoms with E-state index in [1.165, 1.54) is 6.20 Å². The number of hydrogen-bond donors (Lipinski definition) is 2. The molecular formula is C15H18N4O3. The van der Waals surface area contributed by atoms with Gasteiger partial charge in [-0.15, -0.1) is 0 Å². The molecule has 2 aromatic rings. The Labute approximate surface area is 127 Å². The quantitative estimate of drug-likeness (QED) is 0.874. The standard InChI is InChI=1S/C15H18N4O3/c1-8-3-11(15(21)22)7-19(6-8)14(20)10-4-12-9(2)17-18-13(12)16-5-10/h4-5,8,11H,3,6-7H2,1-2H3,(H,21,22)(H,16,17,18). The normalized spacial score (nSPS) is 22.0. The van der Waals surface area contributed by atoms with E-state index in [4.69, 9.17) is 0 Å². The Morgan fingerprint density at radius 2 is 2.18 bits per heavy atom. The molecule has 3 heterocycles. The van der Waals surface area contributed by atoms with Crippen molar-refractivity contribution in [2.75, 3.05) is 13.1 Å². The molecule has 0 bridgehead atoms. The predicted octanol–water partition coefficient (Wildman–Crippen LogP) is 1.45. The molecule has 2 atom stereocenters. The van der Waals surface area contributed by atoms with Gasteiger partial charge in [0, 0.05) is 30.4 Å². The average Bonchev–Trinajstić information content (AvgIpc) is 2.86. The highest BCUT2D eigenvalue weighted by Gasteiger charge is 2.32. The molecule has 2 N–H and O–H groups in total. The smallest absolute Gasteiger partial charge is 0.308 e. The Kier molecular flexibility index (Phi) is 3.56. The number of pyridine rings is 1. The highest BCUT2D eigenvalue weighted by molar-refractivity contribution is 5.97. The largest absolute Gasteiger partial charge is 0.481 e. The first kappa shape index (κ1) is 14.5. The minimum Gasteiger partial charge on any atom is -0.481 e. The lowest BCUT2D eigenvalue weighted by Gasteiger charge is -2.34. The monoisotopic (exact) mass is 302 g/mol. The number of hydrogen-bond acceptors (Lipinski definition) is 4. The number of likely N-dealkylation sites (tertiary alicyclic amines) is 1. The molecule has 0 saturated carbocycles. The van der Waals surface area contributed by atoms with Crippen molar-refractivity contribution in [1.82, 2.24) is 20.1 Å². The van der Waals surface area contributed by atoms with E-state index in [1.807, 2.05) is 13.8 Å². The van der Waals surface area contributed by atoms with Crippen LogP contribution in [0.3, 0.4) is 0 Å². The van der Waals surface area contributed by atoms with Crippen LogP contribution < -0.4 is 0 Å². The summed E-state index contributed by atoms with van der Waals surface area (Å²) in [6.45, 7) is 4.66. The summed E-state index contributed by atoms with van der Waals surface area (Å²) in [5.74, 6) is -1.34. The Balaban J connectivity index is 1.87. The van der Waals surface area contributed by atoms with Crippen LogP contribution in [-0.4, -0.2) is 50.2 Å². The van der Waals surface area contributed by atoms with E-state index < -0.39 is 11.9 Å². The number of fused-ring (bicyclic) bond motifs is 1. The molecule has 7 nitrogen and oxygen atoms in total. The van der Waals surface area contributed by atoms with Gasteiger partial charge in [0.2, 0.25) is 0 Å². The minimum atomic E-state index is -0.844. The predicted molar refractivity (Wildman–Crippen MR) is 79.4 cm³/mol. The number of aryl methyl sites for hydroxylation is 1. The number of aromatic amines is 1. The summed E-state index contributed by atoms with van der Waals surface area (Å²) >= 11 is 0. The van der Waals surface area contributed by atoms with Crippen LogP contribution in [0, 0.1) is 18.8 Å². The summed E-state index contributed by atoms with van der Waals surface area (Å²) in [5.41, 5.74) is 1.90. The Hall–Kier alpha value is -2.44. The third-order valence-electron chi connectivity index (χ3n) is 4.14. The molecule has 1 aliphatic heterocycles. The number of carbonyl (C=O) groups is 2. The van der Waals surface area contributed by atoms with E-state index in [0.29, 0.717) is 24.2 Å². The van der Waals surface area contributed by atoms with Crippen molar-refractivity contribution in [2.45, 2.75) is 20.3 Å². The third-order valence-corrected chi connectivity index (χ3v) is 4.14. The van der Waals surface area contributed by atoms with Crippen molar-refractivity contribution in [1.29, 1.82) is 0 Å². The number of aromatic nitrogens is 3. The number of H-pyrrole nitrogens is 1. The van der Waals surface area contributed by atoms with Gasteiger partial charge in [-0.25, -0.2) is 4.98 Å². The van der Waals surface area contributed by atoms with Crippen LogP contribution in [-0.2, 0) is 4.79 Å². The fraction of sp³-hybridized carbons (Fsp3) is 0.467. The van der Waals surface area contributed by atoms with Crippen LogP contribution in [0.4, 0.5) is 0 Å². The van der Waals surface area contributed by atoms with Gasteiger partial charge < -0.3 is 10.0 Å². The molecule has 1 saturated heterocycles. The second-order valence-corrected chi connectivity index (χ2v) is 6.03. The van der Waals surface area contributed by atoms with Crippen LogP contribution in [0.5, 0.6) is 0 Å². The minimum absolute atomic E-state index is 0.172. The van der Waals surface area contributed by atoms with E-state index in [9.17, 15) is 14.7 Å². The number of aliphatic carboxylic acids is 1. The van der Waals surface area contributed by atoms with Crippen LogP contribution in [0.1, 0.15) is 29.4 Å². The van der Waals surface area contributed by atoms with Crippen LogP contribution in [0.2, 0.25) is 0 Å². The van der Waals surface area contributed by atoms with Gasteiger partial charge in [-0.05, 0) is 25.3 Å². The van der Waals surface area contributed by atoms with Gasteiger partial charge >= 0.3 is 5.97 Å². The van der Waals surface area contributed by atoms with Crippen molar-refractivity contribution in [2.24, 2.45) is 11.8 Å². The topological polar surface area (TPSA) is 99.2 Å². The van der Waals surface area contributed by atoms with Gasteiger partial charge in [0.1, 0.15) is 0 Å². The zero-order chi connectivity index (χ0) is 15.9. The molecule has 1 amide bonds. The SMILES string of the molecule is Cc1[nH]nc2ncc(C(=O)N3CC(C)CC(C(=O)O)C3)cc12. The molecule has 2 aromatic heterocycles. The number of rotatable bonds is 2. The first-order chi connectivity index (χ1) is 10.5. The third kappa shape index (κ3) is 2.54. The van der Waals surface area contributed by atoms with Crippen molar-refractivity contribution in [3.8, 4) is 0 Å². The molecule has 1 aliphatic rings. The number of carboxylic acid groups (broad SMARTS) is 1. The summed E-state index contributed by atoms with van der Waals surface area (Å²) in [6, 6.07) is 1.76. The lowest BCUT2D eigenvalue weighted by Crippen LogP contribution is -2.45. The zero-order valence-electron chi connectivity index (χ0n) is 12.5. The number of piperidine rings is 1. The van der Waals surface area contributed by atoms with Crippen molar-refractivity contribution < 1.29 is 14.7 Å². The van der Waals surface area contributed by atoms with E-state index in [1.54, 1.807) is 11.0 Å². The molecule has 22 heavy (non-hydrogen) atoms. The molecule has 1 fully saturated rings. The summed E-state index contributed by atoms with van der Waals surface area (Å²) in [5, 5.41) is 16.9.